The van der Waals surface area contributed by atoms with Crippen molar-refractivity contribution in [2.45, 2.75) is 19.8 Å². The van der Waals surface area contributed by atoms with Gasteiger partial charge in [-0.25, -0.2) is 4.79 Å². The molecule has 0 aliphatic carbocycles. The lowest BCUT2D eigenvalue weighted by atomic mass is 10.1. The van der Waals surface area contributed by atoms with E-state index in [0.29, 0.717) is 23.4 Å². The highest BCUT2D eigenvalue weighted by atomic mass is 16.5. The van der Waals surface area contributed by atoms with Gasteiger partial charge in [-0.05, 0) is 42.2 Å². The van der Waals surface area contributed by atoms with Crippen molar-refractivity contribution in [3.8, 4) is 11.8 Å². The molecule has 1 amide bonds. The number of rotatable bonds is 10. The van der Waals surface area contributed by atoms with Crippen LogP contribution in [0.15, 0.2) is 54.1 Å². The molecule has 0 aliphatic rings. The maximum absolute atomic E-state index is 12.3. The number of methoxy groups -OCH3 is 1. The number of amides is 1. The number of ether oxygens (including phenoxy) is 2. The van der Waals surface area contributed by atoms with Crippen molar-refractivity contribution in [3.05, 3.63) is 70.8 Å². The molecule has 0 atom stereocenters. The number of carbonyl (C=O) groups excluding carboxylic acids is 3. The van der Waals surface area contributed by atoms with E-state index in [1.165, 1.54) is 13.0 Å². The van der Waals surface area contributed by atoms with E-state index in [2.05, 4.69) is 5.32 Å². The number of carbonyl (C=O) groups is 3. The van der Waals surface area contributed by atoms with Crippen LogP contribution >= 0.6 is 0 Å². The number of benzene rings is 2. The van der Waals surface area contributed by atoms with E-state index in [4.69, 9.17) is 9.47 Å². The van der Waals surface area contributed by atoms with Gasteiger partial charge in [-0.2, -0.15) is 5.26 Å². The summed E-state index contributed by atoms with van der Waals surface area (Å²) in [5, 5.41) is 12.0. The summed E-state index contributed by atoms with van der Waals surface area (Å²) in [6, 6.07) is 15.6. The summed E-state index contributed by atoms with van der Waals surface area (Å²) < 4.78 is 10.1. The van der Waals surface area contributed by atoms with Crippen LogP contribution in [0.1, 0.15) is 34.8 Å². The first-order chi connectivity index (χ1) is 14.9. The average Bonchev–Trinajstić information content (AvgIpc) is 2.79. The molecular formula is C24H24N2O5. The Labute approximate surface area is 181 Å². The van der Waals surface area contributed by atoms with Crippen molar-refractivity contribution in [3.63, 3.8) is 0 Å². The van der Waals surface area contributed by atoms with Crippen LogP contribution in [-0.4, -0.2) is 37.9 Å². The molecule has 0 spiro atoms. The molecule has 2 aromatic rings. The fraction of sp³-hybridized carbons (Fsp3) is 0.250. The second-order valence-corrected chi connectivity index (χ2v) is 6.73. The van der Waals surface area contributed by atoms with E-state index in [-0.39, 0.29) is 17.3 Å². The molecule has 0 saturated carbocycles. The number of ketones is 1. The smallest absolute Gasteiger partial charge is 0.349 e. The summed E-state index contributed by atoms with van der Waals surface area (Å²) in [6.45, 7) is 1.61. The highest BCUT2D eigenvalue weighted by Crippen LogP contribution is 2.15. The standard InChI is InChI=1S/C24H24N2O5/c1-17(27)26-13-3-4-18-5-9-20(10-6-18)23(28)16-31-24(29)21(15-25)14-19-7-11-22(30-2)12-8-19/h5-12,14H,3-4,13,16H2,1-2H3,(H,26,27)/b21-14+. The van der Waals surface area contributed by atoms with Gasteiger partial charge in [0.25, 0.3) is 0 Å². The van der Waals surface area contributed by atoms with E-state index >= 15 is 0 Å². The Morgan fingerprint density at radius 3 is 2.32 bits per heavy atom. The van der Waals surface area contributed by atoms with Crippen LogP contribution in [0.25, 0.3) is 6.08 Å². The molecule has 7 nitrogen and oxygen atoms in total. The molecule has 31 heavy (non-hydrogen) atoms. The SMILES string of the molecule is COc1ccc(/C=C(\C#N)C(=O)OCC(=O)c2ccc(CCCNC(C)=O)cc2)cc1. The number of esters is 1. The zero-order chi connectivity index (χ0) is 22.6. The molecule has 7 heteroatoms. The molecule has 0 heterocycles. The quantitative estimate of drug-likeness (QED) is 0.208. The normalized spacial score (nSPS) is 10.7. The minimum Gasteiger partial charge on any atom is -0.497 e. The topological polar surface area (TPSA) is 105 Å². The summed E-state index contributed by atoms with van der Waals surface area (Å²) in [5.41, 5.74) is 1.88. The molecule has 1 N–H and O–H groups in total. The molecule has 0 unspecified atom stereocenters. The fourth-order valence-corrected chi connectivity index (χ4v) is 2.71. The monoisotopic (exact) mass is 420 g/mol. The lowest BCUT2D eigenvalue weighted by molar-refractivity contribution is -0.137. The highest BCUT2D eigenvalue weighted by molar-refractivity contribution is 6.01. The maximum atomic E-state index is 12.3. The van der Waals surface area contributed by atoms with Gasteiger partial charge in [-0.3, -0.25) is 9.59 Å². The van der Waals surface area contributed by atoms with Crippen LogP contribution in [0.3, 0.4) is 0 Å². The highest BCUT2D eigenvalue weighted by Gasteiger charge is 2.14. The van der Waals surface area contributed by atoms with Gasteiger partial charge in [0.1, 0.15) is 17.4 Å². The zero-order valence-electron chi connectivity index (χ0n) is 17.5. The lowest BCUT2D eigenvalue weighted by Gasteiger charge is -2.06. The molecule has 160 valence electrons. The van der Waals surface area contributed by atoms with Crippen LogP contribution < -0.4 is 10.1 Å². The molecule has 0 radical (unpaired) electrons. The predicted molar refractivity (Wildman–Crippen MR) is 115 cm³/mol. The Morgan fingerprint density at radius 2 is 1.74 bits per heavy atom. The van der Waals surface area contributed by atoms with Gasteiger partial charge in [-0.15, -0.1) is 0 Å². The Morgan fingerprint density at radius 1 is 1.06 bits per heavy atom. The first-order valence-corrected chi connectivity index (χ1v) is 9.72. The number of nitrogens with zero attached hydrogens (tertiary/aromatic N) is 1. The van der Waals surface area contributed by atoms with Crippen LogP contribution in [0.5, 0.6) is 5.75 Å². The second-order valence-electron chi connectivity index (χ2n) is 6.73. The van der Waals surface area contributed by atoms with Crippen molar-refractivity contribution in [1.82, 2.24) is 5.32 Å². The van der Waals surface area contributed by atoms with Crippen molar-refractivity contribution in [1.29, 1.82) is 5.26 Å². The first-order valence-electron chi connectivity index (χ1n) is 9.72. The van der Waals surface area contributed by atoms with E-state index < -0.39 is 12.6 Å². The summed E-state index contributed by atoms with van der Waals surface area (Å²) in [5.74, 6) is -0.627. The van der Waals surface area contributed by atoms with Gasteiger partial charge < -0.3 is 14.8 Å². The molecule has 0 saturated heterocycles. The van der Waals surface area contributed by atoms with Crippen LogP contribution in [0.4, 0.5) is 0 Å². The van der Waals surface area contributed by atoms with Gasteiger partial charge in [0.15, 0.2) is 12.4 Å². The third kappa shape index (κ3) is 7.78. The molecular weight excluding hydrogens is 396 g/mol. The first kappa shape index (κ1) is 23.4. The molecule has 2 aromatic carbocycles. The summed E-state index contributed by atoms with van der Waals surface area (Å²) >= 11 is 0. The van der Waals surface area contributed by atoms with Crippen molar-refractivity contribution >= 4 is 23.7 Å². The molecule has 2 rings (SSSR count). The van der Waals surface area contributed by atoms with E-state index in [1.54, 1.807) is 49.6 Å². The minimum atomic E-state index is -0.860. The van der Waals surface area contributed by atoms with Crippen molar-refractivity contribution < 1.29 is 23.9 Å². The van der Waals surface area contributed by atoms with E-state index in [1.807, 2.05) is 12.1 Å². The summed E-state index contributed by atoms with van der Waals surface area (Å²) in [4.78, 5) is 35.3. The molecule has 0 fully saturated rings. The van der Waals surface area contributed by atoms with Gasteiger partial charge >= 0.3 is 5.97 Å². The van der Waals surface area contributed by atoms with Crippen molar-refractivity contribution in [2.75, 3.05) is 20.3 Å². The van der Waals surface area contributed by atoms with Crippen LogP contribution in [0, 0.1) is 11.3 Å². The van der Waals surface area contributed by atoms with Crippen LogP contribution in [0.2, 0.25) is 0 Å². The lowest BCUT2D eigenvalue weighted by Crippen LogP contribution is -2.21. The number of nitriles is 1. The number of hydrogen-bond donors (Lipinski definition) is 1. The molecule has 0 bridgehead atoms. The summed E-state index contributed by atoms with van der Waals surface area (Å²) in [6.07, 6.45) is 2.95. The van der Waals surface area contributed by atoms with Gasteiger partial charge in [0, 0.05) is 19.0 Å². The fourth-order valence-electron chi connectivity index (χ4n) is 2.71. The number of hydrogen-bond acceptors (Lipinski definition) is 6. The number of aryl methyl sites for hydroxylation is 1. The average molecular weight is 420 g/mol. The van der Waals surface area contributed by atoms with Crippen LogP contribution in [-0.2, 0) is 20.7 Å². The Kier molecular flexibility index (Phi) is 8.99. The maximum Gasteiger partial charge on any atom is 0.349 e. The summed E-state index contributed by atoms with van der Waals surface area (Å²) in [7, 11) is 1.54. The van der Waals surface area contributed by atoms with Gasteiger partial charge in [0.2, 0.25) is 5.91 Å². The second kappa shape index (κ2) is 11.9. The number of nitrogens with one attached hydrogen (secondary N) is 1. The largest absolute Gasteiger partial charge is 0.497 e. The molecule has 0 aromatic heterocycles. The molecule has 0 aliphatic heterocycles. The minimum absolute atomic E-state index is 0.0612. The third-order valence-corrected chi connectivity index (χ3v) is 4.39. The van der Waals surface area contributed by atoms with Gasteiger partial charge in [-0.1, -0.05) is 36.4 Å². The Hall–Kier alpha value is -3.92. The van der Waals surface area contributed by atoms with E-state index in [9.17, 15) is 19.6 Å². The third-order valence-electron chi connectivity index (χ3n) is 4.39. The zero-order valence-corrected chi connectivity index (χ0v) is 17.5. The number of Topliss-reactive ketones (excluding diaryl/α,β-unsaturated/α-hetero) is 1. The van der Waals surface area contributed by atoms with Crippen molar-refractivity contribution in [2.24, 2.45) is 0 Å². The predicted octanol–water partition coefficient (Wildman–Crippen LogP) is 3.10. The van der Waals surface area contributed by atoms with Gasteiger partial charge in [0.05, 0.1) is 7.11 Å². The Balaban J connectivity index is 1.88. The Bertz CT molecular complexity index is 986. The van der Waals surface area contributed by atoms with E-state index in [0.717, 1.165) is 18.4 Å².